The largest absolute Gasteiger partial charge is 0.395 e. The van der Waals surface area contributed by atoms with E-state index >= 15 is 0 Å². The number of hydrogen-bond acceptors (Lipinski definition) is 3. The molecule has 2 amide bonds. The predicted octanol–water partition coefficient (Wildman–Crippen LogP) is 2.82. The summed E-state index contributed by atoms with van der Waals surface area (Å²) in [5.74, 6) is 0. The molecule has 5 heteroatoms. The van der Waals surface area contributed by atoms with E-state index in [1.807, 2.05) is 49.4 Å². The third-order valence-electron chi connectivity index (χ3n) is 3.75. The number of benzene rings is 2. The summed E-state index contributed by atoms with van der Waals surface area (Å²) < 4.78 is 0. The molecule has 1 atom stereocenters. The van der Waals surface area contributed by atoms with Crippen molar-refractivity contribution < 1.29 is 9.90 Å². The van der Waals surface area contributed by atoms with Crippen molar-refractivity contribution in [1.82, 2.24) is 10.2 Å². The molecule has 0 saturated heterocycles. The van der Waals surface area contributed by atoms with Gasteiger partial charge in [-0.05, 0) is 30.2 Å². The molecule has 124 valence electrons. The maximum absolute atomic E-state index is 12.5. The van der Waals surface area contributed by atoms with Crippen molar-refractivity contribution in [2.24, 2.45) is 0 Å². The van der Waals surface area contributed by atoms with E-state index in [0.29, 0.717) is 12.1 Å². The lowest BCUT2D eigenvalue weighted by atomic mass is 10.1. The highest BCUT2D eigenvalue weighted by Crippen LogP contribution is 2.14. The third-order valence-corrected chi connectivity index (χ3v) is 3.75. The molecule has 2 aromatic rings. The number of nitriles is 1. The zero-order valence-corrected chi connectivity index (χ0v) is 13.6. The van der Waals surface area contributed by atoms with Gasteiger partial charge in [0.05, 0.1) is 24.3 Å². The van der Waals surface area contributed by atoms with Gasteiger partial charge in [0.1, 0.15) is 0 Å². The van der Waals surface area contributed by atoms with Crippen molar-refractivity contribution in [2.45, 2.75) is 19.5 Å². The SMILES string of the molecule is CC(NC(=O)N(CCO)Cc1ccccc1)c1ccc(C#N)cc1. The predicted molar refractivity (Wildman–Crippen MR) is 92.0 cm³/mol. The molecular formula is C19H21N3O2. The fourth-order valence-corrected chi connectivity index (χ4v) is 2.38. The molecule has 1 unspecified atom stereocenters. The summed E-state index contributed by atoms with van der Waals surface area (Å²) in [7, 11) is 0. The molecule has 5 nitrogen and oxygen atoms in total. The first-order chi connectivity index (χ1) is 11.6. The molecule has 0 aliphatic carbocycles. The van der Waals surface area contributed by atoms with Crippen LogP contribution in [0.2, 0.25) is 0 Å². The van der Waals surface area contributed by atoms with Crippen LogP contribution in [-0.4, -0.2) is 29.2 Å². The van der Waals surface area contributed by atoms with Crippen molar-refractivity contribution in [1.29, 1.82) is 5.26 Å². The molecule has 2 N–H and O–H groups in total. The van der Waals surface area contributed by atoms with Gasteiger partial charge in [0.25, 0.3) is 0 Å². The van der Waals surface area contributed by atoms with Gasteiger partial charge in [-0.1, -0.05) is 42.5 Å². The van der Waals surface area contributed by atoms with E-state index in [0.717, 1.165) is 11.1 Å². The topological polar surface area (TPSA) is 76.4 Å². The average molecular weight is 323 g/mol. The number of nitrogens with zero attached hydrogens (tertiary/aromatic N) is 2. The Morgan fingerprint density at radius 3 is 2.46 bits per heavy atom. The molecule has 2 rings (SSSR count). The van der Waals surface area contributed by atoms with Crippen LogP contribution in [0.5, 0.6) is 0 Å². The molecule has 0 radical (unpaired) electrons. The molecule has 0 aliphatic heterocycles. The van der Waals surface area contributed by atoms with Crippen LogP contribution in [0, 0.1) is 11.3 Å². The Morgan fingerprint density at radius 1 is 1.21 bits per heavy atom. The fourth-order valence-electron chi connectivity index (χ4n) is 2.38. The van der Waals surface area contributed by atoms with Gasteiger partial charge < -0.3 is 15.3 Å². The highest BCUT2D eigenvalue weighted by Gasteiger charge is 2.16. The Labute approximate surface area is 142 Å². The van der Waals surface area contributed by atoms with Crippen LogP contribution in [0.3, 0.4) is 0 Å². The van der Waals surface area contributed by atoms with Gasteiger partial charge >= 0.3 is 6.03 Å². The number of amides is 2. The number of urea groups is 1. The molecule has 2 aromatic carbocycles. The summed E-state index contributed by atoms with van der Waals surface area (Å²) in [6.07, 6.45) is 0. The summed E-state index contributed by atoms with van der Waals surface area (Å²) in [5, 5.41) is 21.0. The maximum Gasteiger partial charge on any atom is 0.318 e. The number of hydrogen-bond donors (Lipinski definition) is 2. The van der Waals surface area contributed by atoms with Gasteiger partial charge in [-0.2, -0.15) is 5.26 Å². The Kier molecular flexibility index (Phi) is 6.35. The number of carbonyl (C=O) groups is 1. The quantitative estimate of drug-likeness (QED) is 0.858. The first kappa shape index (κ1) is 17.5. The van der Waals surface area contributed by atoms with Gasteiger partial charge in [0.15, 0.2) is 0 Å². The van der Waals surface area contributed by atoms with Gasteiger partial charge in [0.2, 0.25) is 0 Å². The minimum Gasteiger partial charge on any atom is -0.395 e. The molecule has 0 spiro atoms. The normalized spacial score (nSPS) is 11.4. The Balaban J connectivity index is 2.02. The van der Waals surface area contributed by atoms with E-state index < -0.39 is 0 Å². The smallest absolute Gasteiger partial charge is 0.318 e. The maximum atomic E-state index is 12.5. The van der Waals surface area contributed by atoms with Crippen molar-refractivity contribution in [3.05, 3.63) is 71.3 Å². The molecule has 0 heterocycles. The van der Waals surface area contributed by atoms with E-state index in [1.54, 1.807) is 17.0 Å². The highest BCUT2D eigenvalue weighted by atomic mass is 16.3. The molecule has 0 bridgehead atoms. The van der Waals surface area contributed by atoms with Gasteiger partial charge in [-0.25, -0.2) is 4.79 Å². The van der Waals surface area contributed by atoms with Crippen molar-refractivity contribution >= 4 is 6.03 Å². The standard InChI is InChI=1S/C19H21N3O2/c1-15(18-9-7-16(13-20)8-10-18)21-19(24)22(11-12-23)14-17-5-3-2-4-6-17/h2-10,15,23H,11-12,14H2,1H3,(H,21,24). The summed E-state index contributed by atoms with van der Waals surface area (Å²) in [6, 6.07) is 18.4. The van der Waals surface area contributed by atoms with Crippen LogP contribution in [0.25, 0.3) is 0 Å². The van der Waals surface area contributed by atoms with Gasteiger partial charge in [0, 0.05) is 13.1 Å². The number of nitrogens with one attached hydrogen (secondary N) is 1. The average Bonchev–Trinajstić information content (AvgIpc) is 2.62. The lowest BCUT2D eigenvalue weighted by Gasteiger charge is -2.25. The van der Waals surface area contributed by atoms with Crippen LogP contribution >= 0.6 is 0 Å². The summed E-state index contributed by atoms with van der Waals surface area (Å²) in [4.78, 5) is 14.1. The Bertz CT molecular complexity index is 693. The number of aliphatic hydroxyl groups is 1. The molecule has 0 aromatic heterocycles. The Hall–Kier alpha value is -2.84. The summed E-state index contributed by atoms with van der Waals surface area (Å²) >= 11 is 0. The molecular weight excluding hydrogens is 302 g/mol. The molecule has 0 aliphatic rings. The van der Waals surface area contributed by atoms with Crippen molar-refractivity contribution in [3.63, 3.8) is 0 Å². The highest BCUT2D eigenvalue weighted by molar-refractivity contribution is 5.74. The van der Waals surface area contributed by atoms with E-state index in [1.165, 1.54) is 0 Å². The molecule has 0 fully saturated rings. The van der Waals surface area contributed by atoms with Crippen LogP contribution < -0.4 is 5.32 Å². The first-order valence-electron chi connectivity index (χ1n) is 7.84. The van der Waals surface area contributed by atoms with E-state index in [-0.39, 0.29) is 25.2 Å². The second-order valence-corrected chi connectivity index (χ2v) is 5.54. The minimum absolute atomic E-state index is 0.0918. The zero-order valence-electron chi connectivity index (χ0n) is 13.6. The molecule has 0 saturated carbocycles. The number of rotatable bonds is 6. The number of aliphatic hydroxyl groups excluding tert-OH is 1. The lowest BCUT2D eigenvalue weighted by molar-refractivity contribution is 0.171. The monoisotopic (exact) mass is 323 g/mol. The first-order valence-corrected chi connectivity index (χ1v) is 7.84. The van der Waals surface area contributed by atoms with Gasteiger partial charge in [-0.3, -0.25) is 0 Å². The third kappa shape index (κ3) is 4.83. The summed E-state index contributed by atoms with van der Waals surface area (Å²) in [5.41, 5.74) is 2.52. The molecule has 24 heavy (non-hydrogen) atoms. The van der Waals surface area contributed by atoms with Crippen LogP contribution in [-0.2, 0) is 6.54 Å². The fraction of sp³-hybridized carbons (Fsp3) is 0.263. The second kappa shape index (κ2) is 8.70. The Morgan fingerprint density at radius 2 is 1.88 bits per heavy atom. The minimum atomic E-state index is -0.232. The van der Waals surface area contributed by atoms with Crippen LogP contribution in [0.1, 0.15) is 29.7 Å². The number of carbonyl (C=O) groups excluding carboxylic acids is 1. The zero-order chi connectivity index (χ0) is 17.4. The second-order valence-electron chi connectivity index (χ2n) is 5.54. The summed E-state index contributed by atoms with van der Waals surface area (Å²) in [6.45, 7) is 2.50. The van der Waals surface area contributed by atoms with E-state index in [4.69, 9.17) is 5.26 Å². The van der Waals surface area contributed by atoms with Crippen molar-refractivity contribution in [2.75, 3.05) is 13.2 Å². The van der Waals surface area contributed by atoms with Crippen LogP contribution in [0.15, 0.2) is 54.6 Å². The van der Waals surface area contributed by atoms with E-state index in [2.05, 4.69) is 11.4 Å². The van der Waals surface area contributed by atoms with E-state index in [9.17, 15) is 9.90 Å². The van der Waals surface area contributed by atoms with Gasteiger partial charge in [-0.15, -0.1) is 0 Å². The lowest BCUT2D eigenvalue weighted by Crippen LogP contribution is -2.42. The van der Waals surface area contributed by atoms with Crippen molar-refractivity contribution in [3.8, 4) is 6.07 Å². The van der Waals surface area contributed by atoms with Crippen LogP contribution in [0.4, 0.5) is 4.79 Å².